The first-order valence-corrected chi connectivity index (χ1v) is 5.90. The molecule has 1 fully saturated rings. The van der Waals surface area contributed by atoms with Crippen LogP contribution in [-0.4, -0.2) is 40.0 Å². The predicted octanol–water partition coefficient (Wildman–Crippen LogP) is 1.33. The standard InChI is InChI=1S/C12H13FN2O4/c13-10-4-3-8(6-11(10)15(18)19)12(17)14-5-1-2-9(14)7-16/h3-4,6,9,16H,1-2,5,7H2/t9-/m0/s1. The summed E-state index contributed by atoms with van der Waals surface area (Å²) in [6, 6.07) is 2.80. The van der Waals surface area contributed by atoms with E-state index < -0.39 is 22.3 Å². The van der Waals surface area contributed by atoms with Crippen LogP contribution < -0.4 is 0 Å². The van der Waals surface area contributed by atoms with Crippen molar-refractivity contribution >= 4 is 11.6 Å². The number of nitrogens with zero attached hydrogens (tertiary/aromatic N) is 2. The van der Waals surface area contributed by atoms with Crippen LogP contribution in [0.1, 0.15) is 23.2 Å². The molecule has 0 unspecified atom stereocenters. The molecule has 1 aliphatic rings. The third-order valence-electron chi connectivity index (χ3n) is 3.24. The zero-order valence-corrected chi connectivity index (χ0v) is 10.1. The molecule has 1 aromatic carbocycles. The Bertz CT molecular complexity index is 520. The second-order valence-corrected chi connectivity index (χ2v) is 4.40. The number of nitro benzene ring substituents is 1. The van der Waals surface area contributed by atoms with Crippen LogP contribution in [0.3, 0.4) is 0 Å². The highest BCUT2D eigenvalue weighted by atomic mass is 19.1. The number of nitro groups is 1. The molecule has 0 saturated carbocycles. The Labute approximate surface area is 108 Å². The van der Waals surface area contributed by atoms with E-state index in [1.807, 2.05) is 0 Å². The maximum absolute atomic E-state index is 13.2. The average Bonchev–Trinajstić information content (AvgIpc) is 2.86. The zero-order chi connectivity index (χ0) is 14.0. The molecule has 6 nitrogen and oxygen atoms in total. The minimum atomic E-state index is -0.971. The molecular weight excluding hydrogens is 255 g/mol. The number of hydrogen-bond donors (Lipinski definition) is 1. The van der Waals surface area contributed by atoms with Crippen molar-refractivity contribution in [1.82, 2.24) is 4.90 Å². The first-order chi connectivity index (χ1) is 9.04. The maximum atomic E-state index is 13.2. The van der Waals surface area contributed by atoms with Gasteiger partial charge in [-0.3, -0.25) is 14.9 Å². The van der Waals surface area contributed by atoms with Crippen LogP contribution >= 0.6 is 0 Å². The number of carbonyl (C=O) groups excluding carboxylic acids is 1. The quantitative estimate of drug-likeness (QED) is 0.662. The van der Waals surface area contributed by atoms with E-state index in [2.05, 4.69) is 0 Å². The SMILES string of the molecule is O=C(c1ccc(F)c([N+](=O)[O-])c1)N1CCC[C@H]1CO. The van der Waals surface area contributed by atoms with Crippen molar-refractivity contribution in [2.45, 2.75) is 18.9 Å². The number of amides is 1. The second kappa shape index (κ2) is 5.31. The molecule has 19 heavy (non-hydrogen) atoms. The molecule has 1 amide bonds. The number of halogens is 1. The van der Waals surface area contributed by atoms with E-state index >= 15 is 0 Å². The molecule has 1 aromatic rings. The summed E-state index contributed by atoms with van der Waals surface area (Å²) in [6.07, 6.45) is 1.48. The van der Waals surface area contributed by atoms with Gasteiger partial charge in [0.1, 0.15) is 0 Å². The lowest BCUT2D eigenvalue weighted by atomic mass is 10.1. The minimum Gasteiger partial charge on any atom is -0.394 e. The highest BCUT2D eigenvalue weighted by Gasteiger charge is 2.30. The van der Waals surface area contributed by atoms with Gasteiger partial charge < -0.3 is 10.0 Å². The summed E-state index contributed by atoms with van der Waals surface area (Å²) in [5.74, 6) is -1.39. The molecule has 1 N–H and O–H groups in total. The van der Waals surface area contributed by atoms with Crippen LogP contribution in [0.2, 0.25) is 0 Å². The molecule has 0 radical (unpaired) electrons. The number of aliphatic hydroxyl groups excluding tert-OH is 1. The summed E-state index contributed by atoms with van der Waals surface area (Å²) in [5.41, 5.74) is -0.654. The van der Waals surface area contributed by atoms with Crippen LogP contribution in [-0.2, 0) is 0 Å². The number of benzene rings is 1. The van der Waals surface area contributed by atoms with Crippen LogP contribution in [0, 0.1) is 15.9 Å². The summed E-state index contributed by atoms with van der Waals surface area (Å²) < 4.78 is 13.2. The van der Waals surface area contributed by atoms with Crippen molar-refractivity contribution in [2.75, 3.05) is 13.2 Å². The van der Waals surface area contributed by atoms with Gasteiger partial charge in [0.05, 0.1) is 17.6 Å². The summed E-state index contributed by atoms with van der Waals surface area (Å²) in [4.78, 5) is 23.4. The largest absolute Gasteiger partial charge is 0.394 e. The molecule has 1 atom stereocenters. The van der Waals surface area contributed by atoms with Crippen LogP contribution in [0.25, 0.3) is 0 Å². The van der Waals surface area contributed by atoms with E-state index in [1.54, 1.807) is 0 Å². The molecule has 0 aliphatic carbocycles. The number of carbonyl (C=O) groups is 1. The minimum absolute atomic E-state index is 0.0634. The van der Waals surface area contributed by atoms with Gasteiger partial charge in [0.25, 0.3) is 5.91 Å². The molecule has 7 heteroatoms. The topological polar surface area (TPSA) is 83.7 Å². The van der Waals surface area contributed by atoms with Gasteiger partial charge in [0.2, 0.25) is 5.82 Å². The first-order valence-electron chi connectivity index (χ1n) is 5.90. The Morgan fingerprint density at radius 2 is 2.32 bits per heavy atom. The molecule has 1 saturated heterocycles. The van der Waals surface area contributed by atoms with Gasteiger partial charge in [-0.1, -0.05) is 0 Å². The highest BCUT2D eigenvalue weighted by Crippen LogP contribution is 2.23. The second-order valence-electron chi connectivity index (χ2n) is 4.40. The molecular formula is C12H13FN2O4. The molecule has 0 bridgehead atoms. The van der Waals surface area contributed by atoms with Crippen molar-refractivity contribution in [3.8, 4) is 0 Å². The average molecular weight is 268 g/mol. The third-order valence-corrected chi connectivity index (χ3v) is 3.24. The van der Waals surface area contributed by atoms with Crippen molar-refractivity contribution in [3.63, 3.8) is 0 Å². The smallest absolute Gasteiger partial charge is 0.305 e. The Hall–Kier alpha value is -2.02. The predicted molar refractivity (Wildman–Crippen MR) is 64.2 cm³/mol. The summed E-state index contributed by atoms with van der Waals surface area (Å²) in [7, 11) is 0. The lowest BCUT2D eigenvalue weighted by Crippen LogP contribution is -2.37. The van der Waals surface area contributed by atoms with E-state index in [0.717, 1.165) is 18.6 Å². The lowest BCUT2D eigenvalue weighted by Gasteiger charge is -2.22. The van der Waals surface area contributed by atoms with Crippen molar-refractivity contribution in [1.29, 1.82) is 0 Å². The zero-order valence-electron chi connectivity index (χ0n) is 10.1. The molecule has 1 aliphatic heterocycles. The molecule has 0 spiro atoms. The van der Waals surface area contributed by atoms with Gasteiger partial charge in [-0.05, 0) is 25.0 Å². The van der Waals surface area contributed by atoms with Crippen molar-refractivity contribution < 1.29 is 19.2 Å². The number of aliphatic hydroxyl groups is 1. The van der Waals surface area contributed by atoms with Crippen LogP contribution in [0.5, 0.6) is 0 Å². The van der Waals surface area contributed by atoms with E-state index in [9.17, 15) is 19.3 Å². The molecule has 102 valence electrons. The van der Waals surface area contributed by atoms with Crippen molar-refractivity contribution in [2.24, 2.45) is 0 Å². The van der Waals surface area contributed by atoms with E-state index in [4.69, 9.17) is 5.11 Å². The Balaban J connectivity index is 2.29. The fraction of sp³-hybridized carbons (Fsp3) is 0.417. The van der Waals surface area contributed by atoms with Gasteiger partial charge in [-0.15, -0.1) is 0 Å². The van der Waals surface area contributed by atoms with E-state index in [0.29, 0.717) is 13.0 Å². The fourth-order valence-corrected chi connectivity index (χ4v) is 2.24. The normalized spacial score (nSPS) is 18.6. The highest BCUT2D eigenvalue weighted by molar-refractivity contribution is 5.95. The number of hydrogen-bond acceptors (Lipinski definition) is 4. The lowest BCUT2D eigenvalue weighted by molar-refractivity contribution is -0.387. The van der Waals surface area contributed by atoms with Gasteiger partial charge in [-0.2, -0.15) is 4.39 Å². The van der Waals surface area contributed by atoms with Crippen molar-refractivity contribution in [3.05, 3.63) is 39.7 Å². The van der Waals surface area contributed by atoms with E-state index in [1.165, 1.54) is 11.0 Å². The summed E-state index contributed by atoms with van der Waals surface area (Å²) in [6.45, 7) is 0.351. The maximum Gasteiger partial charge on any atom is 0.305 e. The molecule has 2 rings (SSSR count). The number of rotatable bonds is 3. The molecule has 0 aromatic heterocycles. The third kappa shape index (κ3) is 2.55. The van der Waals surface area contributed by atoms with Gasteiger partial charge >= 0.3 is 5.69 Å². The Morgan fingerprint density at radius 1 is 1.58 bits per heavy atom. The Kier molecular flexibility index (Phi) is 3.75. The monoisotopic (exact) mass is 268 g/mol. The van der Waals surface area contributed by atoms with Gasteiger partial charge in [-0.25, -0.2) is 0 Å². The van der Waals surface area contributed by atoms with Crippen LogP contribution in [0.15, 0.2) is 18.2 Å². The summed E-state index contributed by atoms with van der Waals surface area (Å²) >= 11 is 0. The fourth-order valence-electron chi connectivity index (χ4n) is 2.24. The van der Waals surface area contributed by atoms with Gasteiger partial charge in [0.15, 0.2) is 0 Å². The van der Waals surface area contributed by atoms with E-state index in [-0.39, 0.29) is 18.2 Å². The summed E-state index contributed by atoms with van der Waals surface area (Å²) in [5, 5.41) is 19.8. The Morgan fingerprint density at radius 3 is 2.95 bits per heavy atom. The molecule has 1 heterocycles. The number of likely N-dealkylation sites (tertiary alicyclic amines) is 1. The van der Waals surface area contributed by atoms with Crippen LogP contribution in [0.4, 0.5) is 10.1 Å². The van der Waals surface area contributed by atoms with Gasteiger partial charge in [0, 0.05) is 18.2 Å². The first kappa shape index (κ1) is 13.4.